The lowest BCUT2D eigenvalue weighted by Gasteiger charge is -2.17. The van der Waals surface area contributed by atoms with E-state index in [1.165, 1.54) is 0 Å². The number of aromatic nitrogens is 2. The maximum atomic E-state index is 13.3. The molecule has 2 aromatic heterocycles. The highest BCUT2D eigenvalue weighted by Crippen LogP contribution is 2.28. The summed E-state index contributed by atoms with van der Waals surface area (Å²) in [6.45, 7) is 4.75. The van der Waals surface area contributed by atoms with Crippen LogP contribution in [0.15, 0.2) is 59.0 Å². The van der Waals surface area contributed by atoms with Crippen LogP contribution in [0.1, 0.15) is 33.1 Å². The lowest BCUT2D eigenvalue weighted by Crippen LogP contribution is -2.27. The van der Waals surface area contributed by atoms with Gasteiger partial charge in [0.15, 0.2) is 5.76 Å². The van der Waals surface area contributed by atoms with Gasteiger partial charge in [-0.05, 0) is 32.0 Å². The summed E-state index contributed by atoms with van der Waals surface area (Å²) in [5, 5.41) is 5.59. The summed E-state index contributed by atoms with van der Waals surface area (Å²) in [6, 6.07) is 17.6. The van der Waals surface area contributed by atoms with E-state index in [-0.39, 0.29) is 5.91 Å². The summed E-state index contributed by atoms with van der Waals surface area (Å²) in [6.07, 6.45) is 0. The van der Waals surface area contributed by atoms with Crippen molar-refractivity contribution in [2.45, 2.75) is 27.0 Å². The van der Waals surface area contributed by atoms with Crippen LogP contribution in [0.5, 0.6) is 0 Å². The van der Waals surface area contributed by atoms with Crippen molar-refractivity contribution in [1.82, 2.24) is 14.7 Å². The third kappa shape index (κ3) is 3.50. The molecular formula is C24H25N3O3. The molecule has 0 bridgehead atoms. The minimum Gasteiger partial charge on any atom is -0.451 e. The van der Waals surface area contributed by atoms with Crippen LogP contribution in [0.25, 0.3) is 16.7 Å². The van der Waals surface area contributed by atoms with Crippen molar-refractivity contribution in [3.8, 4) is 5.69 Å². The highest BCUT2D eigenvalue weighted by molar-refractivity contribution is 5.98. The highest BCUT2D eigenvalue weighted by Gasteiger charge is 2.25. The molecule has 0 atom stereocenters. The van der Waals surface area contributed by atoms with Crippen LogP contribution in [-0.2, 0) is 17.9 Å². The third-order valence-electron chi connectivity index (χ3n) is 5.37. The van der Waals surface area contributed by atoms with Gasteiger partial charge >= 0.3 is 0 Å². The standard InChI is InChI=1S/C24H25N3O3/c1-16-20(17(2)27(25-16)18-10-6-5-7-11-18)14-26(3)24(28)23-21(15-29-4)19-12-8-9-13-22(19)30-23/h5-13H,14-15H2,1-4H3. The van der Waals surface area contributed by atoms with E-state index in [4.69, 9.17) is 9.15 Å². The Bertz CT molecular complexity index is 1190. The Hall–Kier alpha value is -3.38. The monoisotopic (exact) mass is 403 g/mol. The number of fused-ring (bicyclic) bond motifs is 1. The molecule has 0 aliphatic rings. The molecule has 0 spiro atoms. The van der Waals surface area contributed by atoms with E-state index in [2.05, 4.69) is 5.10 Å². The van der Waals surface area contributed by atoms with Crippen LogP contribution in [0.4, 0.5) is 0 Å². The molecule has 0 aliphatic carbocycles. The number of methoxy groups -OCH3 is 1. The van der Waals surface area contributed by atoms with Crippen LogP contribution in [0, 0.1) is 13.8 Å². The van der Waals surface area contributed by atoms with Crippen molar-refractivity contribution in [2.75, 3.05) is 14.2 Å². The molecule has 1 amide bonds. The second-order valence-electron chi connectivity index (χ2n) is 7.40. The Morgan fingerprint density at radius 1 is 1.07 bits per heavy atom. The number of hydrogen-bond donors (Lipinski definition) is 0. The second-order valence-corrected chi connectivity index (χ2v) is 7.40. The van der Waals surface area contributed by atoms with Gasteiger partial charge in [-0.3, -0.25) is 4.79 Å². The van der Waals surface area contributed by atoms with Crippen LogP contribution >= 0.6 is 0 Å². The van der Waals surface area contributed by atoms with E-state index in [0.717, 1.165) is 33.6 Å². The Morgan fingerprint density at radius 2 is 1.77 bits per heavy atom. The van der Waals surface area contributed by atoms with Crippen LogP contribution in [0.3, 0.4) is 0 Å². The minimum absolute atomic E-state index is 0.176. The van der Waals surface area contributed by atoms with E-state index in [9.17, 15) is 4.79 Å². The molecule has 2 aromatic carbocycles. The smallest absolute Gasteiger partial charge is 0.290 e. The quantitative estimate of drug-likeness (QED) is 0.470. The zero-order chi connectivity index (χ0) is 21.3. The number of ether oxygens (including phenoxy) is 1. The van der Waals surface area contributed by atoms with Gasteiger partial charge < -0.3 is 14.1 Å². The molecule has 0 fully saturated rings. The predicted octanol–water partition coefficient (Wildman–Crippen LogP) is 4.65. The van der Waals surface area contributed by atoms with Gasteiger partial charge in [-0.1, -0.05) is 36.4 Å². The molecule has 6 nitrogen and oxygen atoms in total. The van der Waals surface area contributed by atoms with Crippen molar-refractivity contribution in [3.05, 3.63) is 82.9 Å². The molecule has 4 aromatic rings. The maximum Gasteiger partial charge on any atom is 0.290 e. The van der Waals surface area contributed by atoms with Gasteiger partial charge in [-0.2, -0.15) is 5.10 Å². The van der Waals surface area contributed by atoms with Gasteiger partial charge in [0, 0.05) is 42.9 Å². The Morgan fingerprint density at radius 3 is 2.50 bits per heavy atom. The second kappa shape index (κ2) is 8.16. The van der Waals surface area contributed by atoms with Crippen LogP contribution in [0.2, 0.25) is 0 Å². The minimum atomic E-state index is -0.176. The van der Waals surface area contributed by atoms with Crippen molar-refractivity contribution < 1.29 is 13.9 Å². The van der Waals surface area contributed by atoms with Gasteiger partial charge in [0.25, 0.3) is 5.91 Å². The maximum absolute atomic E-state index is 13.3. The Labute approximate surface area is 175 Å². The fraction of sp³-hybridized carbons (Fsp3) is 0.250. The number of carbonyl (C=O) groups excluding carboxylic acids is 1. The zero-order valence-electron chi connectivity index (χ0n) is 17.7. The largest absolute Gasteiger partial charge is 0.451 e. The molecule has 0 radical (unpaired) electrons. The van der Waals surface area contributed by atoms with Crippen LogP contribution in [-0.4, -0.2) is 34.7 Å². The third-order valence-corrected chi connectivity index (χ3v) is 5.37. The number of amides is 1. The van der Waals surface area contributed by atoms with Crippen molar-refractivity contribution >= 4 is 16.9 Å². The summed E-state index contributed by atoms with van der Waals surface area (Å²) in [4.78, 5) is 14.9. The molecular weight excluding hydrogens is 378 g/mol. The molecule has 0 aliphatic heterocycles. The van der Waals surface area contributed by atoms with Gasteiger partial charge in [0.1, 0.15) is 5.58 Å². The SMILES string of the molecule is COCc1c(C(=O)N(C)Cc2c(C)nn(-c3ccccc3)c2C)oc2ccccc12. The van der Waals surface area contributed by atoms with E-state index in [1.54, 1.807) is 19.1 Å². The summed E-state index contributed by atoms with van der Waals surface area (Å²) in [7, 11) is 3.40. The highest BCUT2D eigenvalue weighted by atomic mass is 16.5. The first-order valence-electron chi connectivity index (χ1n) is 9.86. The van der Waals surface area contributed by atoms with Crippen LogP contribution < -0.4 is 0 Å². The number of furan rings is 1. The molecule has 6 heteroatoms. The van der Waals surface area contributed by atoms with Gasteiger partial charge in [-0.25, -0.2) is 4.68 Å². The summed E-state index contributed by atoms with van der Waals surface area (Å²) >= 11 is 0. The van der Waals surface area contributed by atoms with Gasteiger partial charge in [0.2, 0.25) is 0 Å². The lowest BCUT2D eigenvalue weighted by atomic mass is 10.1. The molecule has 154 valence electrons. The first-order valence-corrected chi connectivity index (χ1v) is 9.86. The molecule has 4 rings (SSSR count). The first kappa shape index (κ1) is 19.9. The normalized spacial score (nSPS) is 11.2. The molecule has 0 N–H and O–H groups in total. The molecule has 0 unspecified atom stereocenters. The molecule has 0 saturated heterocycles. The number of aryl methyl sites for hydroxylation is 1. The number of carbonyl (C=O) groups is 1. The zero-order valence-corrected chi connectivity index (χ0v) is 17.7. The number of benzene rings is 2. The van der Waals surface area contributed by atoms with E-state index < -0.39 is 0 Å². The number of para-hydroxylation sites is 2. The lowest BCUT2D eigenvalue weighted by molar-refractivity contribution is 0.0749. The molecule has 30 heavy (non-hydrogen) atoms. The summed E-state index contributed by atoms with van der Waals surface area (Å²) in [5.41, 5.74) is 5.40. The average Bonchev–Trinajstić information content (AvgIpc) is 3.26. The number of hydrogen-bond acceptors (Lipinski definition) is 4. The Balaban J connectivity index is 1.65. The van der Waals surface area contributed by atoms with E-state index in [1.807, 2.05) is 73.1 Å². The van der Waals surface area contributed by atoms with E-state index in [0.29, 0.717) is 24.5 Å². The van der Waals surface area contributed by atoms with E-state index >= 15 is 0 Å². The molecule has 0 saturated carbocycles. The summed E-state index contributed by atoms with van der Waals surface area (Å²) in [5.74, 6) is 0.149. The average molecular weight is 403 g/mol. The fourth-order valence-electron chi connectivity index (χ4n) is 3.77. The Kier molecular flexibility index (Phi) is 5.42. The topological polar surface area (TPSA) is 60.5 Å². The van der Waals surface area contributed by atoms with Crippen molar-refractivity contribution in [3.63, 3.8) is 0 Å². The number of rotatable bonds is 6. The van der Waals surface area contributed by atoms with Gasteiger partial charge in [0.05, 0.1) is 18.0 Å². The fourth-order valence-corrected chi connectivity index (χ4v) is 3.77. The predicted molar refractivity (Wildman–Crippen MR) is 116 cm³/mol. The summed E-state index contributed by atoms with van der Waals surface area (Å²) < 4.78 is 13.2. The van der Waals surface area contributed by atoms with Crippen molar-refractivity contribution in [2.24, 2.45) is 0 Å². The number of nitrogens with zero attached hydrogens (tertiary/aromatic N) is 3. The van der Waals surface area contributed by atoms with Crippen molar-refractivity contribution in [1.29, 1.82) is 0 Å². The van der Waals surface area contributed by atoms with Gasteiger partial charge in [-0.15, -0.1) is 0 Å². The first-order chi connectivity index (χ1) is 14.5. The molecule has 2 heterocycles.